The van der Waals surface area contributed by atoms with Crippen molar-refractivity contribution in [3.8, 4) is 5.75 Å². The summed E-state index contributed by atoms with van der Waals surface area (Å²) in [6.07, 6.45) is 4.04. The van der Waals surface area contributed by atoms with Gasteiger partial charge >= 0.3 is 0 Å². The number of hydrogen-bond acceptors (Lipinski definition) is 2. The van der Waals surface area contributed by atoms with Gasteiger partial charge < -0.3 is 4.74 Å². The lowest BCUT2D eigenvalue weighted by Crippen LogP contribution is -2.39. The minimum atomic E-state index is 0.717. The van der Waals surface area contributed by atoms with Gasteiger partial charge in [-0.25, -0.2) is 0 Å². The van der Waals surface area contributed by atoms with Crippen LogP contribution in [0.15, 0.2) is 28.7 Å². The van der Waals surface area contributed by atoms with Crippen LogP contribution in [0.25, 0.3) is 0 Å². The van der Waals surface area contributed by atoms with Crippen molar-refractivity contribution in [2.24, 2.45) is 0 Å². The van der Waals surface area contributed by atoms with E-state index < -0.39 is 0 Å². The molecular weight excluding hydrogens is 278 g/mol. The molecule has 1 aromatic rings. The molecule has 0 bridgehead atoms. The smallest absolute Gasteiger partial charge is 0.120 e. The van der Waals surface area contributed by atoms with Gasteiger partial charge in [0.2, 0.25) is 0 Å². The summed E-state index contributed by atoms with van der Waals surface area (Å²) < 4.78 is 6.84. The summed E-state index contributed by atoms with van der Waals surface area (Å²) in [5, 5.41) is 0. The number of halogens is 1. The summed E-state index contributed by atoms with van der Waals surface area (Å²) in [6.45, 7) is 5.36. The molecule has 0 amide bonds. The second-order valence-electron chi connectivity index (χ2n) is 4.69. The minimum Gasteiger partial charge on any atom is -0.492 e. The number of benzene rings is 1. The summed E-state index contributed by atoms with van der Waals surface area (Å²) >= 11 is 3.45. The molecule has 0 aliphatic carbocycles. The third-order valence-electron chi connectivity index (χ3n) is 3.38. The van der Waals surface area contributed by atoms with E-state index >= 15 is 0 Å². The standard InChI is InChI=1S/C14H20BrNO/c1-12-5-2-3-8-16(12)9-10-17-14-7-4-6-13(15)11-14/h4,6-7,11-12H,2-3,5,8-10H2,1H3. The highest BCUT2D eigenvalue weighted by Gasteiger charge is 2.17. The fourth-order valence-electron chi connectivity index (χ4n) is 2.33. The van der Waals surface area contributed by atoms with Crippen LogP contribution >= 0.6 is 15.9 Å². The number of rotatable bonds is 4. The zero-order valence-corrected chi connectivity index (χ0v) is 11.9. The average molecular weight is 298 g/mol. The van der Waals surface area contributed by atoms with Crippen LogP contribution in [-0.2, 0) is 0 Å². The third-order valence-corrected chi connectivity index (χ3v) is 3.88. The lowest BCUT2D eigenvalue weighted by atomic mass is 10.0. The Morgan fingerprint density at radius 1 is 1.41 bits per heavy atom. The molecule has 1 atom stereocenters. The van der Waals surface area contributed by atoms with E-state index in [1.807, 2.05) is 24.3 Å². The first-order chi connectivity index (χ1) is 8.25. The van der Waals surface area contributed by atoms with Gasteiger partial charge in [-0.05, 0) is 44.5 Å². The Kier molecular flexibility index (Phi) is 4.86. The molecule has 2 nitrogen and oxygen atoms in total. The predicted octanol–water partition coefficient (Wildman–Crippen LogP) is 3.70. The van der Waals surface area contributed by atoms with Crippen LogP contribution in [0, 0.1) is 0 Å². The fraction of sp³-hybridized carbons (Fsp3) is 0.571. The monoisotopic (exact) mass is 297 g/mol. The Labute approximate surface area is 112 Å². The van der Waals surface area contributed by atoms with Crippen molar-refractivity contribution in [2.45, 2.75) is 32.2 Å². The second kappa shape index (κ2) is 6.41. The van der Waals surface area contributed by atoms with Crippen molar-refractivity contribution in [1.82, 2.24) is 4.90 Å². The van der Waals surface area contributed by atoms with Crippen molar-refractivity contribution in [3.05, 3.63) is 28.7 Å². The minimum absolute atomic E-state index is 0.717. The molecule has 0 aromatic heterocycles. The molecule has 94 valence electrons. The second-order valence-corrected chi connectivity index (χ2v) is 5.60. The van der Waals surface area contributed by atoms with Crippen LogP contribution in [-0.4, -0.2) is 30.6 Å². The maximum absolute atomic E-state index is 5.77. The summed E-state index contributed by atoms with van der Waals surface area (Å²) in [7, 11) is 0. The molecule has 3 heteroatoms. The molecule has 1 fully saturated rings. The van der Waals surface area contributed by atoms with E-state index in [1.54, 1.807) is 0 Å². The quantitative estimate of drug-likeness (QED) is 0.840. The van der Waals surface area contributed by atoms with Gasteiger partial charge in [0, 0.05) is 17.1 Å². The maximum Gasteiger partial charge on any atom is 0.120 e. The summed E-state index contributed by atoms with van der Waals surface area (Å²) in [6, 6.07) is 8.75. The molecule has 1 unspecified atom stereocenters. The normalized spacial score (nSPS) is 21.4. The van der Waals surface area contributed by atoms with E-state index in [4.69, 9.17) is 4.74 Å². The predicted molar refractivity (Wildman–Crippen MR) is 74.5 cm³/mol. The van der Waals surface area contributed by atoms with E-state index in [0.29, 0.717) is 0 Å². The van der Waals surface area contributed by atoms with E-state index in [2.05, 4.69) is 27.8 Å². The van der Waals surface area contributed by atoms with E-state index in [9.17, 15) is 0 Å². The van der Waals surface area contributed by atoms with Gasteiger partial charge in [-0.3, -0.25) is 4.90 Å². The molecule has 17 heavy (non-hydrogen) atoms. The number of nitrogens with zero attached hydrogens (tertiary/aromatic N) is 1. The SMILES string of the molecule is CC1CCCCN1CCOc1cccc(Br)c1. The maximum atomic E-state index is 5.77. The Morgan fingerprint density at radius 3 is 3.06 bits per heavy atom. The molecule has 0 saturated carbocycles. The molecule has 0 spiro atoms. The average Bonchev–Trinajstić information content (AvgIpc) is 2.32. The summed E-state index contributed by atoms with van der Waals surface area (Å²) in [5.41, 5.74) is 0. The van der Waals surface area contributed by atoms with Crippen LogP contribution in [0.1, 0.15) is 26.2 Å². The Hall–Kier alpha value is -0.540. The molecule has 1 aromatic carbocycles. The van der Waals surface area contributed by atoms with Gasteiger partial charge in [-0.1, -0.05) is 28.4 Å². The molecular formula is C14H20BrNO. The molecule has 1 heterocycles. The first kappa shape index (κ1) is 12.9. The third kappa shape index (κ3) is 4.00. The van der Waals surface area contributed by atoms with E-state index in [0.717, 1.165) is 29.4 Å². The van der Waals surface area contributed by atoms with Crippen molar-refractivity contribution in [2.75, 3.05) is 19.7 Å². The first-order valence-corrected chi connectivity index (χ1v) is 7.17. The summed E-state index contributed by atoms with van der Waals surface area (Å²) in [5.74, 6) is 0.948. The molecule has 0 radical (unpaired) electrons. The Bertz CT molecular complexity index is 356. The van der Waals surface area contributed by atoms with Gasteiger partial charge in [0.15, 0.2) is 0 Å². The molecule has 1 saturated heterocycles. The van der Waals surface area contributed by atoms with Crippen LogP contribution in [0.4, 0.5) is 0 Å². The van der Waals surface area contributed by atoms with E-state index in [-0.39, 0.29) is 0 Å². The lowest BCUT2D eigenvalue weighted by Gasteiger charge is -2.33. The molecule has 0 N–H and O–H groups in total. The topological polar surface area (TPSA) is 12.5 Å². The molecule has 2 rings (SSSR count). The molecule has 1 aliphatic heterocycles. The van der Waals surface area contributed by atoms with Gasteiger partial charge in [-0.2, -0.15) is 0 Å². The first-order valence-electron chi connectivity index (χ1n) is 6.38. The molecule has 1 aliphatic rings. The van der Waals surface area contributed by atoms with Gasteiger partial charge in [0.25, 0.3) is 0 Å². The zero-order valence-electron chi connectivity index (χ0n) is 10.4. The zero-order chi connectivity index (χ0) is 12.1. The highest BCUT2D eigenvalue weighted by molar-refractivity contribution is 9.10. The lowest BCUT2D eigenvalue weighted by molar-refractivity contribution is 0.133. The number of likely N-dealkylation sites (tertiary alicyclic amines) is 1. The van der Waals surface area contributed by atoms with Gasteiger partial charge in [0.05, 0.1) is 0 Å². The summed E-state index contributed by atoms with van der Waals surface area (Å²) in [4.78, 5) is 2.53. The van der Waals surface area contributed by atoms with Crippen molar-refractivity contribution >= 4 is 15.9 Å². The number of ether oxygens (including phenoxy) is 1. The number of hydrogen-bond donors (Lipinski definition) is 0. The van der Waals surface area contributed by atoms with E-state index in [1.165, 1.54) is 25.8 Å². The van der Waals surface area contributed by atoms with Crippen molar-refractivity contribution in [3.63, 3.8) is 0 Å². The Morgan fingerprint density at radius 2 is 2.29 bits per heavy atom. The largest absolute Gasteiger partial charge is 0.492 e. The Balaban J connectivity index is 1.75. The van der Waals surface area contributed by atoms with Crippen LogP contribution in [0.2, 0.25) is 0 Å². The van der Waals surface area contributed by atoms with Crippen molar-refractivity contribution in [1.29, 1.82) is 0 Å². The van der Waals surface area contributed by atoms with Crippen LogP contribution in [0.3, 0.4) is 0 Å². The van der Waals surface area contributed by atoms with Gasteiger partial charge in [-0.15, -0.1) is 0 Å². The fourth-order valence-corrected chi connectivity index (χ4v) is 2.71. The van der Waals surface area contributed by atoms with Crippen LogP contribution < -0.4 is 4.74 Å². The highest BCUT2D eigenvalue weighted by Crippen LogP contribution is 2.19. The number of piperidine rings is 1. The van der Waals surface area contributed by atoms with Crippen molar-refractivity contribution < 1.29 is 4.74 Å². The highest BCUT2D eigenvalue weighted by atomic mass is 79.9. The van der Waals surface area contributed by atoms with Crippen LogP contribution in [0.5, 0.6) is 5.75 Å². The van der Waals surface area contributed by atoms with Gasteiger partial charge in [0.1, 0.15) is 12.4 Å².